The second kappa shape index (κ2) is 4.67. The first-order chi connectivity index (χ1) is 7.24. The summed E-state index contributed by atoms with van der Waals surface area (Å²) in [5, 5.41) is 18.6. The van der Waals surface area contributed by atoms with Gasteiger partial charge in [-0.05, 0) is 55.7 Å². The van der Waals surface area contributed by atoms with Crippen LogP contribution in [-0.4, -0.2) is 16.3 Å². The number of hydrogen-bond acceptors (Lipinski definition) is 2. The van der Waals surface area contributed by atoms with Crippen LogP contribution >= 0.6 is 0 Å². The molecule has 2 heteroatoms. The SMILES string of the molecule is Oc1ccc(CC2CCC(O)CC2)cc1. The maximum atomic E-state index is 9.40. The molecule has 0 bridgehead atoms. The lowest BCUT2D eigenvalue weighted by Gasteiger charge is -2.25. The molecular weight excluding hydrogens is 188 g/mol. The van der Waals surface area contributed by atoms with E-state index in [9.17, 15) is 5.11 Å². The zero-order valence-electron chi connectivity index (χ0n) is 8.89. The van der Waals surface area contributed by atoms with Crippen molar-refractivity contribution >= 4 is 0 Å². The number of benzene rings is 1. The molecule has 0 spiro atoms. The van der Waals surface area contributed by atoms with Gasteiger partial charge in [-0.2, -0.15) is 0 Å². The molecule has 2 rings (SSSR count). The maximum Gasteiger partial charge on any atom is 0.115 e. The lowest BCUT2D eigenvalue weighted by Crippen LogP contribution is -2.19. The molecule has 1 saturated carbocycles. The van der Waals surface area contributed by atoms with E-state index < -0.39 is 0 Å². The Bertz CT molecular complexity index is 297. The Morgan fingerprint density at radius 2 is 1.60 bits per heavy atom. The van der Waals surface area contributed by atoms with Crippen molar-refractivity contribution in [2.45, 2.75) is 38.2 Å². The van der Waals surface area contributed by atoms with E-state index in [1.165, 1.54) is 5.56 Å². The number of aliphatic hydroxyl groups excluding tert-OH is 1. The van der Waals surface area contributed by atoms with Crippen molar-refractivity contribution in [2.75, 3.05) is 0 Å². The highest BCUT2D eigenvalue weighted by Gasteiger charge is 2.19. The third-order valence-electron chi connectivity index (χ3n) is 3.28. The Hall–Kier alpha value is -1.02. The third-order valence-corrected chi connectivity index (χ3v) is 3.28. The molecule has 82 valence electrons. The van der Waals surface area contributed by atoms with Crippen LogP contribution in [0, 0.1) is 5.92 Å². The van der Waals surface area contributed by atoms with Crippen molar-refractivity contribution in [2.24, 2.45) is 5.92 Å². The van der Waals surface area contributed by atoms with E-state index >= 15 is 0 Å². The zero-order valence-corrected chi connectivity index (χ0v) is 8.89. The van der Waals surface area contributed by atoms with Crippen LogP contribution in [0.1, 0.15) is 31.2 Å². The van der Waals surface area contributed by atoms with Gasteiger partial charge in [0.05, 0.1) is 6.10 Å². The van der Waals surface area contributed by atoms with Crippen molar-refractivity contribution in [3.8, 4) is 5.75 Å². The molecule has 0 aliphatic heterocycles. The minimum absolute atomic E-state index is 0.0685. The number of phenols is 1. The molecule has 1 aliphatic rings. The molecule has 0 amide bonds. The predicted molar refractivity (Wildman–Crippen MR) is 59.8 cm³/mol. The van der Waals surface area contributed by atoms with E-state index in [0.717, 1.165) is 32.1 Å². The zero-order chi connectivity index (χ0) is 10.7. The first-order valence-electron chi connectivity index (χ1n) is 5.70. The summed E-state index contributed by atoms with van der Waals surface area (Å²) in [6, 6.07) is 7.46. The molecule has 1 fully saturated rings. The van der Waals surface area contributed by atoms with Gasteiger partial charge in [0.1, 0.15) is 5.75 Å². The van der Waals surface area contributed by atoms with Crippen LogP contribution in [0.4, 0.5) is 0 Å². The minimum atomic E-state index is -0.0685. The molecule has 0 heterocycles. The summed E-state index contributed by atoms with van der Waals surface area (Å²) >= 11 is 0. The molecule has 1 aliphatic carbocycles. The van der Waals surface area contributed by atoms with E-state index in [4.69, 9.17) is 5.11 Å². The number of aromatic hydroxyl groups is 1. The Kier molecular flexibility index (Phi) is 3.27. The normalized spacial score (nSPS) is 26.5. The van der Waals surface area contributed by atoms with Gasteiger partial charge in [-0.15, -0.1) is 0 Å². The lowest BCUT2D eigenvalue weighted by atomic mass is 9.83. The van der Waals surface area contributed by atoms with Gasteiger partial charge in [0.15, 0.2) is 0 Å². The van der Waals surface area contributed by atoms with Gasteiger partial charge in [-0.3, -0.25) is 0 Å². The predicted octanol–water partition coefficient (Wildman–Crippen LogP) is 2.49. The summed E-state index contributed by atoms with van der Waals surface area (Å²) < 4.78 is 0. The topological polar surface area (TPSA) is 40.5 Å². The largest absolute Gasteiger partial charge is 0.508 e. The van der Waals surface area contributed by atoms with E-state index in [-0.39, 0.29) is 6.10 Å². The summed E-state index contributed by atoms with van der Waals surface area (Å²) in [4.78, 5) is 0. The number of rotatable bonds is 2. The molecule has 0 unspecified atom stereocenters. The molecule has 2 nitrogen and oxygen atoms in total. The summed E-state index contributed by atoms with van der Waals surface area (Å²) in [6.07, 6.45) is 5.16. The molecule has 1 aromatic carbocycles. The number of phenolic OH excluding ortho intramolecular Hbond substituents is 1. The molecule has 0 aromatic heterocycles. The third kappa shape index (κ3) is 2.96. The number of hydrogen-bond donors (Lipinski definition) is 2. The first kappa shape index (κ1) is 10.5. The van der Waals surface area contributed by atoms with Crippen molar-refractivity contribution in [3.05, 3.63) is 29.8 Å². The first-order valence-corrected chi connectivity index (χ1v) is 5.70. The fourth-order valence-electron chi connectivity index (χ4n) is 2.31. The van der Waals surface area contributed by atoms with Gasteiger partial charge in [-0.25, -0.2) is 0 Å². The molecule has 0 saturated heterocycles. The minimum Gasteiger partial charge on any atom is -0.508 e. The standard InChI is InChI=1S/C13H18O2/c14-12-5-1-10(2-6-12)9-11-3-7-13(15)8-4-11/h1-2,5-6,11,13-15H,3-4,7-9H2. The van der Waals surface area contributed by atoms with Crippen molar-refractivity contribution in [1.29, 1.82) is 0 Å². The van der Waals surface area contributed by atoms with E-state index in [2.05, 4.69) is 0 Å². The van der Waals surface area contributed by atoms with Gasteiger partial charge in [0.25, 0.3) is 0 Å². The van der Waals surface area contributed by atoms with Crippen LogP contribution in [0.5, 0.6) is 5.75 Å². The Morgan fingerprint density at radius 1 is 1.00 bits per heavy atom. The molecule has 0 atom stereocenters. The van der Waals surface area contributed by atoms with Crippen LogP contribution < -0.4 is 0 Å². The Labute approximate surface area is 90.6 Å². The lowest BCUT2D eigenvalue weighted by molar-refractivity contribution is 0.109. The van der Waals surface area contributed by atoms with Crippen LogP contribution in [0.2, 0.25) is 0 Å². The molecule has 2 N–H and O–H groups in total. The fraction of sp³-hybridized carbons (Fsp3) is 0.538. The smallest absolute Gasteiger partial charge is 0.115 e. The second-order valence-corrected chi connectivity index (χ2v) is 4.55. The van der Waals surface area contributed by atoms with E-state index in [1.807, 2.05) is 12.1 Å². The van der Waals surface area contributed by atoms with Gasteiger partial charge in [0.2, 0.25) is 0 Å². The van der Waals surface area contributed by atoms with Gasteiger partial charge >= 0.3 is 0 Å². The van der Waals surface area contributed by atoms with Crippen LogP contribution in [0.3, 0.4) is 0 Å². The second-order valence-electron chi connectivity index (χ2n) is 4.55. The maximum absolute atomic E-state index is 9.40. The average molecular weight is 206 g/mol. The summed E-state index contributed by atoms with van der Waals surface area (Å²) in [6.45, 7) is 0. The quantitative estimate of drug-likeness (QED) is 0.780. The fourth-order valence-corrected chi connectivity index (χ4v) is 2.31. The molecule has 15 heavy (non-hydrogen) atoms. The highest BCUT2D eigenvalue weighted by molar-refractivity contribution is 5.26. The molecule has 0 radical (unpaired) electrons. The number of aliphatic hydroxyl groups is 1. The summed E-state index contributed by atoms with van der Waals surface area (Å²) in [7, 11) is 0. The van der Waals surface area contributed by atoms with E-state index in [1.54, 1.807) is 12.1 Å². The summed E-state index contributed by atoms with van der Waals surface area (Å²) in [5.41, 5.74) is 1.29. The van der Waals surface area contributed by atoms with Crippen LogP contribution in [0.15, 0.2) is 24.3 Å². The molecule has 1 aromatic rings. The van der Waals surface area contributed by atoms with Gasteiger partial charge in [0, 0.05) is 0 Å². The Morgan fingerprint density at radius 3 is 2.20 bits per heavy atom. The van der Waals surface area contributed by atoms with Gasteiger partial charge in [-0.1, -0.05) is 12.1 Å². The average Bonchev–Trinajstić information content (AvgIpc) is 2.25. The Balaban J connectivity index is 1.89. The summed E-state index contributed by atoms with van der Waals surface area (Å²) in [5.74, 6) is 1.04. The highest BCUT2D eigenvalue weighted by Crippen LogP contribution is 2.27. The van der Waals surface area contributed by atoms with Crippen LogP contribution in [0.25, 0.3) is 0 Å². The van der Waals surface area contributed by atoms with Gasteiger partial charge < -0.3 is 10.2 Å². The van der Waals surface area contributed by atoms with Crippen LogP contribution in [-0.2, 0) is 6.42 Å². The van der Waals surface area contributed by atoms with Crippen molar-refractivity contribution in [3.63, 3.8) is 0 Å². The highest BCUT2D eigenvalue weighted by atomic mass is 16.3. The van der Waals surface area contributed by atoms with E-state index in [0.29, 0.717) is 11.7 Å². The molecular formula is C13H18O2. The van der Waals surface area contributed by atoms with Crippen molar-refractivity contribution in [1.82, 2.24) is 0 Å². The van der Waals surface area contributed by atoms with Crippen molar-refractivity contribution < 1.29 is 10.2 Å². The monoisotopic (exact) mass is 206 g/mol.